The van der Waals surface area contributed by atoms with Crippen LogP contribution in [0.5, 0.6) is 0 Å². The van der Waals surface area contributed by atoms with Gasteiger partial charge >= 0.3 is 6.18 Å². The Balaban J connectivity index is 1.96. The molecule has 24 heavy (non-hydrogen) atoms. The molecule has 0 aliphatic heterocycles. The fourth-order valence-corrected chi connectivity index (χ4v) is 3.41. The van der Waals surface area contributed by atoms with E-state index in [2.05, 4.69) is 4.98 Å². The van der Waals surface area contributed by atoms with Crippen LogP contribution in [0, 0.1) is 12.8 Å². The Labute approximate surface area is 138 Å². The maximum absolute atomic E-state index is 12.9. The van der Waals surface area contributed by atoms with E-state index in [0.717, 1.165) is 0 Å². The normalized spacial score (nSPS) is 21.7. The van der Waals surface area contributed by atoms with Gasteiger partial charge in [-0.25, -0.2) is 4.98 Å². The van der Waals surface area contributed by atoms with Crippen LogP contribution < -0.4 is 5.56 Å². The molecule has 0 amide bonds. The van der Waals surface area contributed by atoms with Crippen molar-refractivity contribution in [3.63, 3.8) is 0 Å². The Hall–Kier alpha value is -2.11. The summed E-state index contributed by atoms with van der Waals surface area (Å²) >= 11 is 0. The molecule has 0 bridgehead atoms. The number of rotatable bonds is 2. The number of aromatic nitrogens is 2. The summed E-state index contributed by atoms with van der Waals surface area (Å²) in [7, 11) is 0. The lowest BCUT2D eigenvalue weighted by atomic mass is 9.81. The van der Waals surface area contributed by atoms with Crippen molar-refractivity contribution in [2.24, 2.45) is 5.92 Å². The molecule has 0 N–H and O–H groups in total. The molecule has 0 radical (unpaired) electrons. The molecule has 0 atom stereocenters. The highest BCUT2D eigenvalue weighted by Gasteiger charge is 2.42. The summed E-state index contributed by atoms with van der Waals surface area (Å²) in [4.78, 5) is 17.0. The molecule has 0 unspecified atom stereocenters. The van der Waals surface area contributed by atoms with Crippen molar-refractivity contribution in [1.29, 1.82) is 0 Å². The molecule has 128 valence electrons. The van der Waals surface area contributed by atoms with Gasteiger partial charge in [-0.2, -0.15) is 13.2 Å². The van der Waals surface area contributed by atoms with E-state index >= 15 is 0 Å². The molecule has 1 aromatic carbocycles. The summed E-state index contributed by atoms with van der Waals surface area (Å²) in [6.07, 6.45) is -3.16. The van der Waals surface area contributed by atoms with Crippen LogP contribution in [-0.2, 0) is 0 Å². The summed E-state index contributed by atoms with van der Waals surface area (Å²) in [6, 6.07) is 10.6. The molecule has 1 heterocycles. The first kappa shape index (κ1) is 16.7. The second kappa shape index (κ2) is 6.42. The molecule has 1 aliphatic rings. The maximum atomic E-state index is 12.9. The number of para-hydroxylation sites is 1. The van der Waals surface area contributed by atoms with Gasteiger partial charge in [0.1, 0.15) is 5.82 Å². The van der Waals surface area contributed by atoms with E-state index in [1.54, 1.807) is 6.92 Å². The summed E-state index contributed by atoms with van der Waals surface area (Å²) < 4.78 is 40.2. The number of halogens is 3. The monoisotopic (exact) mass is 336 g/mol. The van der Waals surface area contributed by atoms with Crippen LogP contribution in [0.25, 0.3) is 5.69 Å². The number of aryl methyl sites for hydroxylation is 1. The maximum Gasteiger partial charge on any atom is 0.391 e. The smallest absolute Gasteiger partial charge is 0.269 e. The highest BCUT2D eigenvalue weighted by atomic mass is 19.4. The van der Waals surface area contributed by atoms with E-state index in [4.69, 9.17) is 0 Å². The molecule has 1 aromatic heterocycles. The molecule has 1 saturated carbocycles. The van der Waals surface area contributed by atoms with Crippen LogP contribution in [0.2, 0.25) is 0 Å². The Morgan fingerprint density at radius 2 is 1.71 bits per heavy atom. The largest absolute Gasteiger partial charge is 0.391 e. The Bertz CT molecular complexity index is 760. The van der Waals surface area contributed by atoms with Crippen LogP contribution in [-0.4, -0.2) is 15.7 Å². The van der Waals surface area contributed by atoms with Gasteiger partial charge in [-0.3, -0.25) is 9.36 Å². The van der Waals surface area contributed by atoms with Gasteiger partial charge in [-0.05, 0) is 44.7 Å². The van der Waals surface area contributed by atoms with Gasteiger partial charge in [-0.15, -0.1) is 0 Å². The molecule has 6 heteroatoms. The summed E-state index contributed by atoms with van der Waals surface area (Å²) in [5.74, 6) is -0.793. The van der Waals surface area contributed by atoms with Crippen LogP contribution in [0.15, 0.2) is 41.2 Å². The lowest BCUT2D eigenvalue weighted by molar-refractivity contribution is -0.182. The summed E-state index contributed by atoms with van der Waals surface area (Å²) in [6.45, 7) is 1.74. The fourth-order valence-electron chi connectivity index (χ4n) is 3.41. The van der Waals surface area contributed by atoms with Crippen LogP contribution >= 0.6 is 0 Å². The number of hydrogen-bond donors (Lipinski definition) is 0. The van der Waals surface area contributed by atoms with E-state index in [1.165, 1.54) is 10.6 Å². The standard InChI is InChI=1S/C18H19F3N2O/c1-12-11-16(24)23(15-5-3-2-4-6-15)17(22-12)13-7-9-14(10-8-13)18(19,20)21/h2-6,11,13-14H,7-10H2,1H3. The third kappa shape index (κ3) is 3.37. The first-order valence-electron chi connectivity index (χ1n) is 8.09. The third-order valence-electron chi connectivity index (χ3n) is 4.64. The minimum absolute atomic E-state index is 0.0900. The first-order valence-corrected chi connectivity index (χ1v) is 8.09. The minimum Gasteiger partial charge on any atom is -0.269 e. The van der Waals surface area contributed by atoms with Gasteiger partial charge < -0.3 is 0 Å². The molecule has 0 saturated heterocycles. The SMILES string of the molecule is Cc1cc(=O)n(-c2ccccc2)c(C2CCC(C(F)(F)F)CC2)n1. The lowest BCUT2D eigenvalue weighted by Crippen LogP contribution is -2.30. The number of benzene rings is 1. The predicted molar refractivity (Wildman–Crippen MR) is 85.3 cm³/mol. The Morgan fingerprint density at radius 1 is 1.08 bits per heavy atom. The van der Waals surface area contributed by atoms with E-state index < -0.39 is 12.1 Å². The number of hydrogen-bond acceptors (Lipinski definition) is 2. The number of alkyl halides is 3. The highest BCUT2D eigenvalue weighted by Crippen LogP contribution is 2.42. The third-order valence-corrected chi connectivity index (χ3v) is 4.64. The predicted octanol–water partition coefficient (Wildman–Crippen LogP) is 4.38. The average molecular weight is 336 g/mol. The van der Waals surface area contributed by atoms with Crippen molar-refractivity contribution in [2.75, 3.05) is 0 Å². The van der Waals surface area contributed by atoms with E-state index in [0.29, 0.717) is 30.0 Å². The van der Waals surface area contributed by atoms with Crippen molar-refractivity contribution in [3.8, 4) is 5.69 Å². The average Bonchev–Trinajstić information content (AvgIpc) is 2.54. The molecule has 2 aromatic rings. The zero-order valence-corrected chi connectivity index (χ0v) is 13.4. The fraction of sp³-hybridized carbons (Fsp3) is 0.444. The minimum atomic E-state index is -4.13. The highest BCUT2D eigenvalue weighted by molar-refractivity contribution is 5.34. The van der Waals surface area contributed by atoms with E-state index in [9.17, 15) is 18.0 Å². The van der Waals surface area contributed by atoms with Crippen molar-refractivity contribution < 1.29 is 13.2 Å². The summed E-state index contributed by atoms with van der Waals surface area (Å²) in [5, 5.41) is 0. The Morgan fingerprint density at radius 3 is 2.29 bits per heavy atom. The van der Waals surface area contributed by atoms with Crippen molar-refractivity contribution in [1.82, 2.24) is 9.55 Å². The molecular formula is C18H19F3N2O. The van der Waals surface area contributed by atoms with Gasteiger partial charge in [0.25, 0.3) is 5.56 Å². The van der Waals surface area contributed by atoms with Gasteiger partial charge in [0.05, 0.1) is 11.6 Å². The Kier molecular flexibility index (Phi) is 4.47. The lowest BCUT2D eigenvalue weighted by Gasteiger charge is -2.30. The molecule has 1 fully saturated rings. The van der Waals surface area contributed by atoms with Gasteiger partial charge in [0.15, 0.2) is 0 Å². The zero-order valence-electron chi connectivity index (χ0n) is 13.4. The van der Waals surface area contributed by atoms with Crippen LogP contribution in [0.4, 0.5) is 13.2 Å². The summed E-state index contributed by atoms with van der Waals surface area (Å²) in [5.41, 5.74) is 1.10. The molecule has 1 aliphatic carbocycles. The van der Waals surface area contributed by atoms with Gasteiger partial charge in [0, 0.05) is 17.7 Å². The molecule has 3 rings (SSSR count). The molecule has 3 nitrogen and oxygen atoms in total. The quantitative estimate of drug-likeness (QED) is 0.816. The van der Waals surface area contributed by atoms with Crippen molar-refractivity contribution in [2.45, 2.75) is 44.7 Å². The van der Waals surface area contributed by atoms with E-state index in [1.807, 2.05) is 30.3 Å². The topological polar surface area (TPSA) is 34.9 Å². The number of nitrogens with zero attached hydrogens (tertiary/aromatic N) is 2. The van der Waals surface area contributed by atoms with Crippen LogP contribution in [0.1, 0.15) is 43.1 Å². The molecule has 0 spiro atoms. The van der Waals surface area contributed by atoms with E-state index in [-0.39, 0.29) is 24.3 Å². The second-order valence-corrected chi connectivity index (χ2v) is 6.36. The van der Waals surface area contributed by atoms with Crippen molar-refractivity contribution in [3.05, 3.63) is 58.3 Å². The van der Waals surface area contributed by atoms with Crippen molar-refractivity contribution >= 4 is 0 Å². The van der Waals surface area contributed by atoms with Crippen LogP contribution in [0.3, 0.4) is 0 Å². The first-order chi connectivity index (χ1) is 11.4. The zero-order chi connectivity index (χ0) is 17.3. The molecular weight excluding hydrogens is 317 g/mol. The second-order valence-electron chi connectivity index (χ2n) is 6.36. The van der Waals surface area contributed by atoms with Gasteiger partial charge in [-0.1, -0.05) is 18.2 Å². The van der Waals surface area contributed by atoms with Gasteiger partial charge in [0.2, 0.25) is 0 Å².